The van der Waals surface area contributed by atoms with E-state index in [-0.39, 0.29) is 16.0 Å². The van der Waals surface area contributed by atoms with Gasteiger partial charge in [-0.3, -0.25) is 14.9 Å². The molecule has 0 aliphatic carbocycles. The van der Waals surface area contributed by atoms with E-state index in [9.17, 15) is 28.1 Å². The predicted octanol–water partition coefficient (Wildman–Crippen LogP) is 2.60. The molecule has 0 fully saturated rings. The van der Waals surface area contributed by atoms with Gasteiger partial charge >= 0.3 is 18.0 Å². The topological polar surface area (TPSA) is 91.6 Å². The minimum Gasteiger partial charge on any atom is -0.466 e. The van der Waals surface area contributed by atoms with Crippen molar-refractivity contribution in [2.45, 2.75) is 19.7 Å². The molecule has 0 N–H and O–H groups in total. The molecule has 0 aromatic carbocycles. The van der Waals surface area contributed by atoms with E-state index < -0.39 is 35.1 Å². The van der Waals surface area contributed by atoms with Crippen LogP contribution >= 0.6 is 22.6 Å². The van der Waals surface area contributed by atoms with E-state index >= 15 is 0 Å². The fourth-order valence-electron chi connectivity index (χ4n) is 1.31. The zero-order valence-electron chi connectivity index (χ0n) is 10.4. The molecule has 1 aromatic heterocycles. The number of hydrogen-bond donors (Lipinski definition) is 0. The zero-order chi connectivity index (χ0) is 16.2. The first-order valence-electron chi connectivity index (χ1n) is 5.39. The highest BCUT2D eigenvalue weighted by Gasteiger charge is 2.34. The van der Waals surface area contributed by atoms with E-state index in [4.69, 9.17) is 0 Å². The normalized spacial score (nSPS) is 11.1. The Morgan fingerprint density at radius 3 is 2.62 bits per heavy atom. The van der Waals surface area contributed by atoms with E-state index in [2.05, 4.69) is 14.5 Å². The maximum atomic E-state index is 12.3. The molecule has 0 bridgehead atoms. The highest BCUT2D eigenvalue weighted by molar-refractivity contribution is 14.1. The van der Waals surface area contributed by atoms with Gasteiger partial charge in [0.1, 0.15) is 0 Å². The van der Waals surface area contributed by atoms with Gasteiger partial charge in [-0.1, -0.05) is 0 Å². The van der Waals surface area contributed by atoms with Crippen molar-refractivity contribution < 1.29 is 32.4 Å². The first kappa shape index (κ1) is 17.4. The molecule has 1 rings (SSSR count). The van der Waals surface area contributed by atoms with Crippen LogP contribution in [0.5, 0.6) is 5.75 Å². The van der Waals surface area contributed by atoms with Gasteiger partial charge in [-0.15, -0.1) is 13.2 Å². The van der Waals surface area contributed by atoms with Crippen molar-refractivity contribution in [3.05, 3.63) is 25.6 Å². The third kappa shape index (κ3) is 5.32. The SMILES string of the molecule is CCOC(=O)Cc1nc(I)c([N+](=O)[O-])cc1OC(F)(F)F. The Morgan fingerprint density at radius 1 is 1.52 bits per heavy atom. The standard InChI is InChI=1S/C10H8F3IN2O5/c1-2-20-8(17)3-5-7(21-10(11,12)13)4-6(16(18)19)9(14)15-5/h4H,2-3H2,1H3. The lowest BCUT2D eigenvalue weighted by Gasteiger charge is -2.12. The van der Waals surface area contributed by atoms with Gasteiger partial charge in [-0.25, -0.2) is 4.98 Å². The Balaban J connectivity index is 3.23. The van der Waals surface area contributed by atoms with Gasteiger partial charge in [0, 0.05) is 0 Å². The van der Waals surface area contributed by atoms with E-state index in [1.54, 1.807) is 0 Å². The number of esters is 1. The smallest absolute Gasteiger partial charge is 0.466 e. The first-order valence-corrected chi connectivity index (χ1v) is 6.47. The minimum absolute atomic E-state index is 0.0400. The van der Waals surface area contributed by atoms with Gasteiger partial charge in [-0.2, -0.15) is 0 Å². The molecule has 0 spiro atoms. The molecule has 0 atom stereocenters. The highest BCUT2D eigenvalue weighted by atomic mass is 127. The van der Waals surface area contributed by atoms with Crippen LogP contribution in [0.15, 0.2) is 6.07 Å². The number of rotatable bonds is 5. The number of carbonyl (C=O) groups excluding carboxylic acids is 1. The van der Waals surface area contributed by atoms with E-state index in [1.165, 1.54) is 29.5 Å². The lowest BCUT2D eigenvalue weighted by molar-refractivity contribution is -0.386. The Hall–Kier alpha value is -1.66. The van der Waals surface area contributed by atoms with Crippen molar-refractivity contribution >= 4 is 34.2 Å². The summed E-state index contributed by atoms with van der Waals surface area (Å²) < 4.78 is 45.0. The summed E-state index contributed by atoms with van der Waals surface area (Å²) in [7, 11) is 0. The number of nitrogens with zero attached hydrogens (tertiary/aromatic N) is 2. The quantitative estimate of drug-likeness (QED) is 0.239. The van der Waals surface area contributed by atoms with Crippen LogP contribution in [0.4, 0.5) is 18.9 Å². The molecule has 0 amide bonds. The summed E-state index contributed by atoms with van der Waals surface area (Å²) in [5.74, 6) is -1.72. The number of pyridine rings is 1. The van der Waals surface area contributed by atoms with Crippen molar-refractivity contribution in [3.8, 4) is 5.75 Å². The second-order valence-corrected chi connectivity index (χ2v) is 4.55. The van der Waals surface area contributed by atoms with Gasteiger partial charge in [0.05, 0.1) is 29.7 Å². The molecule has 0 unspecified atom stereocenters. The zero-order valence-corrected chi connectivity index (χ0v) is 12.6. The molecule has 1 aromatic rings. The van der Waals surface area contributed by atoms with Crippen LogP contribution in [0.25, 0.3) is 0 Å². The van der Waals surface area contributed by atoms with Gasteiger partial charge < -0.3 is 9.47 Å². The van der Waals surface area contributed by atoms with Gasteiger partial charge in [0.25, 0.3) is 0 Å². The molecule has 116 valence electrons. The van der Waals surface area contributed by atoms with Crippen molar-refractivity contribution in [1.82, 2.24) is 4.98 Å². The second kappa shape index (κ2) is 6.87. The molecule has 1 heterocycles. The van der Waals surface area contributed by atoms with Crippen LogP contribution < -0.4 is 4.74 Å². The number of carbonyl (C=O) groups is 1. The molecular weight excluding hydrogens is 412 g/mol. The number of aromatic nitrogens is 1. The van der Waals surface area contributed by atoms with Crippen molar-refractivity contribution in [2.24, 2.45) is 0 Å². The lowest BCUT2D eigenvalue weighted by atomic mass is 10.2. The molecule has 0 radical (unpaired) electrons. The van der Waals surface area contributed by atoms with Crippen LogP contribution in [-0.4, -0.2) is 28.8 Å². The van der Waals surface area contributed by atoms with E-state index in [0.717, 1.165) is 0 Å². The fourth-order valence-corrected chi connectivity index (χ4v) is 1.96. The molecule has 21 heavy (non-hydrogen) atoms. The Kier molecular flexibility index (Phi) is 5.69. The number of hydrogen-bond acceptors (Lipinski definition) is 6. The van der Waals surface area contributed by atoms with Crippen molar-refractivity contribution in [2.75, 3.05) is 6.61 Å². The van der Waals surface area contributed by atoms with Crippen molar-refractivity contribution in [1.29, 1.82) is 0 Å². The van der Waals surface area contributed by atoms with E-state index in [1.807, 2.05) is 0 Å². The number of halogens is 4. The monoisotopic (exact) mass is 420 g/mol. The largest absolute Gasteiger partial charge is 0.573 e. The van der Waals surface area contributed by atoms with Gasteiger partial charge in [0.15, 0.2) is 9.45 Å². The summed E-state index contributed by atoms with van der Waals surface area (Å²) >= 11 is 1.48. The Labute approximate surface area is 129 Å². The molecule has 0 saturated heterocycles. The maximum absolute atomic E-state index is 12.3. The molecular formula is C10H8F3IN2O5. The van der Waals surface area contributed by atoms with Gasteiger partial charge in [-0.05, 0) is 29.5 Å². The van der Waals surface area contributed by atoms with Gasteiger partial charge in [0.2, 0.25) is 0 Å². The summed E-state index contributed by atoms with van der Waals surface area (Å²) in [6.45, 7) is 1.57. The summed E-state index contributed by atoms with van der Waals surface area (Å²) in [4.78, 5) is 24.8. The Morgan fingerprint density at radius 2 is 2.14 bits per heavy atom. The molecule has 11 heteroatoms. The summed E-state index contributed by atoms with van der Waals surface area (Å²) in [6, 6.07) is 0.580. The van der Waals surface area contributed by atoms with Crippen molar-refractivity contribution in [3.63, 3.8) is 0 Å². The number of nitro groups is 1. The van der Waals surface area contributed by atoms with E-state index in [0.29, 0.717) is 6.07 Å². The average Bonchev–Trinajstić information content (AvgIpc) is 2.30. The fraction of sp³-hybridized carbons (Fsp3) is 0.400. The van der Waals surface area contributed by atoms with Crippen LogP contribution in [0.3, 0.4) is 0 Å². The lowest BCUT2D eigenvalue weighted by Crippen LogP contribution is -2.20. The third-order valence-electron chi connectivity index (χ3n) is 2.04. The number of ether oxygens (including phenoxy) is 2. The van der Waals surface area contributed by atoms with Crippen LogP contribution in [0.1, 0.15) is 12.6 Å². The molecule has 0 saturated carbocycles. The average molecular weight is 420 g/mol. The van der Waals surface area contributed by atoms with Crippen LogP contribution in [0, 0.1) is 13.8 Å². The second-order valence-electron chi connectivity index (χ2n) is 3.53. The summed E-state index contributed by atoms with van der Waals surface area (Å²) in [5.41, 5.74) is -1.04. The third-order valence-corrected chi connectivity index (χ3v) is 2.83. The molecule has 0 aliphatic rings. The van der Waals surface area contributed by atoms with Crippen LogP contribution in [-0.2, 0) is 16.0 Å². The van der Waals surface area contributed by atoms with Crippen LogP contribution in [0.2, 0.25) is 0 Å². The minimum atomic E-state index is -5.06. The maximum Gasteiger partial charge on any atom is 0.573 e. The Bertz CT molecular complexity index is 564. The summed E-state index contributed by atoms with van der Waals surface area (Å²) in [5, 5.41) is 10.7. The first-order chi connectivity index (χ1) is 9.64. The molecule has 7 nitrogen and oxygen atoms in total. The molecule has 0 aliphatic heterocycles. The predicted molar refractivity (Wildman–Crippen MR) is 70.6 cm³/mol. The highest BCUT2D eigenvalue weighted by Crippen LogP contribution is 2.31. The summed E-state index contributed by atoms with van der Waals surface area (Å²) in [6.07, 6.45) is -5.65. The number of alkyl halides is 3.